The normalized spacial score (nSPS) is 10.7. The second-order valence-electron chi connectivity index (χ2n) is 4.19. The summed E-state index contributed by atoms with van der Waals surface area (Å²) in [6.45, 7) is 4.09. The molecular weight excluding hydrogens is 252 g/mol. The number of nitrogens with zero attached hydrogens (tertiary/aromatic N) is 2. The second kappa shape index (κ2) is 5.18. The van der Waals surface area contributed by atoms with E-state index in [0.717, 1.165) is 5.69 Å². The van der Waals surface area contributed by atoms with Crippen LogP contribution < -0.4 is 5.32 Å². The Morgan fingerprint density at radius 1 is 1.44 bits per heavy atom. The van der Waals surface area contributed by atoms with E-state index >= 15 is 0 Å². The van der Waals surface area contributed by atoms with Crippen molar-refractivity contribution in [3.8, 4) is 0 Å². The van der Waals surface area contributed by atoms with Crippen LogP contribution in [0.25, 0.3) is 0 Å². The maximum Gasteiger partial charge on any atom is 0.258 e. The van der Waals surface area contributed by atoms with Gasteiger partial charge < -0.3 is 5.32 Å². The molecule has 0 aliphatic carbocycles. The summed E-state index contributed by atoms with van der Waals surface area (Å²) >= 11 is 5.65. The molecule has 0 aromatic carbocycles. The molecule has 0 saturated heterocycles. The Hall–Kier alpha value is -1.88. The molecular formula is C12H13ClN4O. The number of hydrogen-bond donors (Lipinski definition) is 2. The molecule has 0 unspecified atom stereocenters. The average Bonchev–Trinajstić information content (AvgIpc) is 2.78. The number of halogens is 1. The third-order valence-electron chi connectivity index (χ3n) is 2.45. The Kier molecular flexibility index (Phi) is 3.62. The number of rotatable bonds is 3. The first kappa shape index (κ1) is 12.6. The van der Waals surface area contributed by atoms with Gasteiger partial charge in [0.2, 0.25) is 0 Å². The molecule has 5 nitrogen and oxygen atoms in total. The van der Waals surface area contributed by atoms with E-state index in [1.807, 2.05) is 19.9 Å². The van der Waals surface area contributed by atoms with E-state index < -0.39 is 0 Å². The maximum absolute atomic E-state index is 11.9. The highest BCUT2D eigenvalue weighted by Gasteiger charge is 2.10. The van der Waals surface area contributed by atoms with Crippen LogP contribution >= 0.6 is 11.6 Å². The summed E-state index contributed by atoms with van der Waals surface area (Å²) in [4.78, 5) is 15.7. The van der Waals surface area contributed by atoms with Crippen molar-refractivity contribution in [3.05, 3.63) is 40.8 Å². The number of pyridine rings is 1. The Morgan fingerprint density at radius 3 is 2.78 bits per heavy atom. The minimum atomic E-state index is -0.263. The molecule has 2 N–H and O–H groups in total. The predicted molar refractivity (Wildman–Crippen MR) is 69.9 cm³/mol. The summed E-state index contributed by atoms with van der Waals surface area (Å²) in [6.07, 6.45) is 1.42. The monoisotopic (exact) mass is 264 g/mol. The average molecular weight is 265 g/mol. The zero-order valence-electron chi connectivity index (χ0n) is 10.1. The molecule has 2 aromatic heterocycles. The maximum atomic E-state index is 11.9. The molecule has 0 fully saturated rings. The minimum absolute atomic E-state index is 0.263. The minimum Gasteiger partial charge on any atom is -0.305 e. The van der Waals surface area contributed by atoms with Gasteiger partial charge in [0, 0.05) is 18.0 Å². The van der Waals surface area contributed by atoms with Crippen molar-refractivity contribution in [2.75, 3.05) is 5.32 Å². The number of carbonyl (C=O) groups excluding carboxylic acids is 1. The van der Waals surface area contributed by atoms with Crippen LogP contribution in [0.1, 0.15) is 35.8 Å². The first-order valence-electron chi connectivity index (χ1n) is 5.54. The van der Waals surface area contributed by atoms with Crippen molar-refractivity contribution in [1.29, 1.82) is 0 Å². The molecule has 0 radical (unpaired) electrons. The largest absolute Gasteiger partial charge is 0.305 e. The molecule has 0 spiro atoms. The zero-order chi connectivity index (χ0) is 13.1. The highest BCUT2D eigenvalue weighted by atomic mass is 35.5. The number of hydrogen-bond acceptors (Lipinski definition) is 3. The van der Waals surface area contributed by atoms with Gasteiger partial charge >= 0.3 is 0 Å². The van der Waals surface area contributed by atoms with Gasteiger partial charge in [0.25, 0.3) is 5.91 Å². The number of carbonyl (C=O) groups is 1. The summed E-state index contributed by atoms with van der Waals surface area (Å²) in [5, 5.41) is 9.93. The Balaban J connectivity index is 2.08. The lowest BCUT2D eigenvalue weighted by molar-refractivity contribution is 0.102. The number of amides is 1. The molecule has 18 heavy (non-hydrogen) atoms. The molecule has 0 aliphatic rings. The van der Waals surface area contributed by atoms with Gasteiger partial charge in [-0.15, -0.1) is 0 Å². The molecule has 1 amide bonds. The van der Waals surface area contributed by atoms with Crippen molar-refractivity contribution in [1.82, 2.24) is 15.2 Å². The standard InChI is InChI=1S/C12H13ClN4O/c1-7(2)9-5-11(17-16-9)15-12(18)8-3-4-10(13)14-6-8/h3-7H,1-2H3,(H2,15,16,17,18). The topological polar surface area (TPSA) is 70.7 Å². The number of anilines is 1. The van der Waals surface area contributed by atoms with E-state index in [1.165, 1.54) is 6.20 Å². The van der Waals surface area contributed by atoms with Crippen molar-refractivity contribution < 1.29 is 4.79 Å². The highest BCUT2D eigenvalue weighted by molar-refractivity contribution is 6.29. The lowest BCUT2D eigenvalue weighted by Gasteiger charge is -2.01. The van der Waals surface area contributed by atoms with E-state index in [4.69, 9.17) is 11.6 Å². The van der Waals surface area contributed by atoms with Crippen LogP contribution in [0.2, 0.25) is 5.15 Å². The van der Waals surface area contributed by atoms with Crippen LogP contribution in [0.4, 0.5) is 5.82 Å². The highest BCUT2D eigenvalue weighted by Crippen LogP contribution is 2.15. The summed E-state index contributed by atoms with van der Waals surface area (Å²) in [6, 6.07) is 4.99. The molecule has 2 aromatic rings. The van der Waals surface area contributed by atoms with Gasteiger partial charge in [-0.3, -0.25) is 9.89 Å². The van der Waals surface area contributed by atoms with Crippen molar-refractivity contribution in [3.63, 3.8) is 0 Å². The summed E-state index contributed by atoms with van der Waals surface area (Å²) in [5.74, 6) is 0.569. The molecule has 2 heterocycles. The summed E-state index contributed by atoms with van der Waals surface area (Å²) in [5.41, 5.74) is 1.41. The number of aromatic amines is 1. The molecule has 0 bridgehead atoms. The van der Waals surface area contributed by atoms with Gasteiger partial charge in [-0.25, -0.2) is 4.98 Å². The van der Waals surface area contributed by atoms with E-state index in [9.17, 15) is 4.79 Å². The summed E-state index contributed by atoms with van der Waals surface area (Å²) in [7, 11) is 0. The van der Waals surface area contributed by atoms with E-state index in [1.54, 1.807) is 12.1 Å². The molecule has 0 aliphatic heterocycles. The Bertz CT molecular complexity index is 547. The van der Waals surface area contributed by atoms with Crippen molar-refractivity contribution in [2.45, 2.75) is 19.8 Å². The van der Waals surface area contributed by atoms with E-state index in [0.29, 0.717) is 22.5 Å². The van der Waals surface area contributed by atoms with Gasteiger partial charge in [0.15, 0.2) is 5.82 Å². The number of aromatic nitrogens is 3. The third kappa shape index (κ3) is 2.87. The number of nitrogens with one attached hydrogen (secondary N) is 2. The first-order valence-corrected chi connectivity index (χ1v) is 5.92. The molecule has 0 atom stereocenters. The van der Waals surface area contributed by atoms with Crippen LogP contribution in [0.3, 0.4) is 0 Å². The van der Waals surface area contributed by atoms with Crippen molar-refractivity contribution >= 4 is 23.3 Å². The summed E-state index contributed by atoms with van der Waals surface area (Å²) < 4.78 is 0. The zero-order valence-corrected chi connectivity index (χ0v) is 10.8. The van der Waals surface area contributed by atoms with Crippen LogP contribution in [-0.4, -0.2) is 21.1 Å². The van der Waals surface area contributed by atoms with Crippen molar-refractivity contribution in [2.24, 2.45) is 0 Å². The lowest BCUT2D eigenvalue weighted by atomic mass is 10.1. The third-order valence-corrected chi connectivity index (χ3v) is 2.67. The lowest BCUT2D eigenvalue weighted by Crippen LogP contribution is -2.12. The Morgan fingerprint density at radius 2 is 2.22 bits per heavy atom. The van der Waals surface area contributed by atoms with Crippen LogP contribution in [0, 0.1) is 0 Å². The van der Waals surface area contributed by atoms with E-state index in [-0.39, 0.29) is 5.91 Å². The SMILES string of the molecule is CC(C)c1cc(NC(=O)c2ccc(Cl)nc2)n[nH]1. The quantitative estimate of drug-likeness (QED) is 0.838. The molecule has 2 rings (SSSR count). The molecule has 94 valence electrons. The molecule has 0 saturated carbocycles. The van der Waals surface area contributed by atoms with Gasteiger partial charge in [-0.05, 0) is 18.1 Å². The molecule has 6 heteroatoms. The van der Waals surface area contributed by atoms with E-state index in [2.05, 4.69) is 20.5 Å². The van der Waals surface area contributed by atoms with Gasteiger partial charge in [0.05, 0.1) is 5.56 Å². The Labute approximate surface area is 110 Å². The fourth-order valence-corrected chi connectivity index (χ4v) is 1.51. The fourth-order valence-electron chi connectivity index (χ4n) is 1.40. The van der Waals surface area contributed by atoms with Crippen LogP contribution in [-0.2, 0) is 0 Å². The predicted octanol–water partition coefficient (Wildman–Crippen LogP) is 2.83. The number of H-pyrrole nitrogens is 1. The van der Waals surface area contributed by atoms with Crippen LogP contribution in [0.5, 0.6) is 0 Å². The smallest absolute Gasteiger partial charge is 0.258 e. The second-order valence-corrected chi connectivity index (χ2v) is 4.57. The van der Waals surface area contributed by atoms with Gasteiger partial charge in [-0.2, -0.15) is 5.10 Å². The van der Waals surface area contributed by atoms with Gasteiger partial charge in [-0.1, -0.05) is 25.4 Å². The fraction of sp³-hybridized carbons (Fsp3) is 0.250. The first-order chi connectivity index (χ1) is 8.56. The van der Waals surface area contributed by atoms with Gasteiger partial charge in [0.1, 0.15) is 5.15 Å². The van der Waals surface area contributed by atoms with Crippen LogP contribution in [0.15, 0.2) is 24.4 Å².